The Morgan fingerprint density at radius 2 is 2.20 bits per heavy atom. The van der Waals surface area contributed by atoms with Gasteiger partial charge in [-0.25, -0.2) is 4.39 Å². The average Bonchev–Trinajstić information content (AvgIpc) is 2.14. The number of rotatable bonds is 3. The Labute approximate surface area is 87.4 Å². The minimum atomic E-state index is -0.341. The molecule has 0 aliphatic heterocycles. The van der Waals surface area contributed by atoms with Crippen LogP contribution in [0, 0.1) is 5.82 Å². The van der Waals surface area contributed by atoms with Gasteiger partial charge in [0.2, 0.25) is 0 Å². The molecule has 1 aromatic rings. The first kappa shape index (κ1) is 11.2. The standard InChI is InChI=1S/C12H11FO2/c1-9(14)7-12(15)6-5-10-3-2-4-11(13)8-10/h2-8,15H,1H3/b6-5+,12-7-. The quantitative estimate of drug-likeness (QED) is 0.469. The molecule has 1 N–H and O–H groups in total. The van der Waals surface area contributed by atoms with Gasteiger partial charge in [-0.1, -0.05) is 18.2 Å². The molecule has 0 aliphatic rings. The molecule has 0 fully saturated rings. The van der Waals surface area contributed by atoms with Crippen molar-refractivity contribution in [3.05, 3.63) is 53.6 Å². The summed E-state index contributed by atoms with van der Waals surface area (Å²) < 4.78 is 12.7. The zero-order chi connectivity index (χ0) is 11.3. The normalized spacial score (nSPS) is 12.0. The second-order valence-electron chi connectivity index (χ2n) is 3.07. The predicted octanol–water partition coefficient (Wildman–Crippen LogP) is 2.87. The highest BCUT2D eigenvalue weighted by Gasteiger charge is 1.92. The summed E-state index contributed by atoms with van der Waals surface area (Å²) in [5.74, 6) is -0.727. The molecule has 0 heterocycles. The van der Waals surface area contributed by atoms with E-state index in [-0.39, 0.29) is 17.4 Å². The van der Waals surface area contributed by atoms with E-state index in [0.29, 0.717) is 5.56 Å². The van der Waals surface area contributed by atoms with Crippen molar-refractivity contribution >= 4 is 11.9 Å². The predicted molar refractivity (Wildman–Crippen MR) is 56.8 cm³/mol. The summed E-state index contributed by atoms with van der Waals surface area (Å²) in [4.78, 5) is 10.6. The maximum absolute atomic E-state index is 12.7. The average molecular weight is 206 g/mol. The van der Waals surface area contributed by atoms with Crippen LogP contribution in [0.3, 0.4) is 0 Å². The van der Waals surface area contributed by atoms with E-state index in [2.05, 4.69) is 0 Å². The van der Waals surface area contributed by atoms with Crippen molar-refractivity contribution in [2.24, 2.45) is 0 Å². The van der Waals surface area contributed by atoms with Gasteiger partial charge in [0.05, 0.1) is 0 Å². The summed E-state index contributed by atoms with van der Waals surface area (Å²) in [7, 11) is 0. The first-order chi connectivity index (χ1) is 7.08. The molecule has 15 heavy (non-hydrogen) atoms. The third-order valence-corrected chi connectivity index (χ3v) is 1.65. The second kappa shape index (κ2) is 5.10. The molecule has 78 valence electrons. The van der Waals surface area contributed by atoms with Crippen molar-refractivity contribution in [2.75, 3.05) is 0 Å². The Morgan fingerprint density at radius 1 is 1.47 bits per heavy atom. The molecule has 0 radical (unpaired) electrons. The van der Waals surface area contributed by atoms with E-state index in [1.165, 1.54) is 31.2 Å². The Morgan fingerprint density at radius 3 is 2.80 bits per heavy atom. The van der Waals surface area contributed by atoms with Crippen LogP contribution in [-0.2, 0) is 4.79 Å². The van der Waals surface area contributed by atoms with E-state index in [1.807, 2.05) is 0 Å². The van der Waals surface area contributed by atoms with Crippen LogP contribution in [0.4, 0.5) is 4.39 Å². The third kappa shape index (κ3) is 4.22. The summed E-state index contributed by atoms with van der Waals surface area (Å²) in [5, 5.41) is 9.21. The van der Waals surface area contributed by atoms with E-state index in [4.69, 9.17) is 0 Å². The monoisotopic (exact) mass is 206 g/mol. The largest absolute Gasteiger partial charge is 0.508 e. The van der Waals surface area contributed by atoms with Gasteiger partial charge in [0.1, 0.15) is 11.6 Å². The van der Waals surface area contributed by atoms with Gasteiger partial charge in [-0.3, -0.25) is 4.79 Å². The highest BCUT2D eigenvalue weighted by molar-refractivity contribution is 5.88. The molecule has 0 atom stereocenters. The molecule has 0 amide bonds. The fourth-order valence-corrected chi connectivity index (χ4v) is 1.05. The molecule has 3 heteroatoms. The van der Waals surface area contributed by atoms with Gasteiger partial charge in [-0.2, -0.15) is 0 Å². The number of aliphatic hydroxyl groups is 1. The van der Waals surface area contributed by atoms with Crippen LogP contribution in [-0.4, -0.2) is 10.9 Å². The maximum atomic E-state index is 12.7. The first-order valence-corrected chi connectivity index (χ1v) is 4.43. The van der Waals surface area contributed by atoms with Gasteiger partial charge in [-0.05, 0) is 30.7 Å². The molecule has 1 aromatic carbocycles. The van der Waals surface area contributed by atoms with Gasteiger partial charge >= 0.3 is 0 Å². The smallest absolute Gasteiger partial charge is 0.156 e. The summed E-state index contributed by atoms with van der Waals surface area (Å²) in [5.41, 5.74) is 0.624. The van der Waals surface area contributed by atoms with Crippen LogP contribution < -0.4 is 0 Å². The molecule has 1 rings (SSSR count). The van der Waals surface area contributed by atoms with Crippen LogP contribution in [0.5, 0.6) is 0 Å². The highest BCUT2D eigenvalue weighted by atomic mass is 19.1. The van der Waals surface area contributed by atoms with Crippen molar-refractivity contribution in [3.8, 4) is 0 Å². The second-order valence-corrected chi connectivity index (χ2v) is 3.07. The maximum Gasteiger partial charge on any atom is 0.156 e. The molecule has 0 aliphatic carbocycles. The Bertz CT molecular complexity index is 419. The lowest BCUT2D eigenvalue weighted by molar-refractivity contribution is -0.112. The minimum absolute atomic E-state index is 0.147. The lowest BCUT2D eigenvalue weighted by Crippen LogP contribution is -1.85. The zero-order valence-electron chi connectivity index (χ0n) is 8.27. The van der Waals surface area contributed by atoms with E-state index in [1.54, 1.807) is 12.1 Å². The summed E-state index contributed by atoms with van der Waals surface area (Å²) in [6, 6.07) is 5.93. The van der Waals surface area contributed by atoms with Crippen molar-refractivity contribution in [1.82, 2.24) is 0 Å². The van der Waals surface area contributed by atoms with E-state index < -0.39 is 0 Å². The topological polar surface area (TPSA) is 37.3 Å². The summed E-state index contributed by atoms with van der Waals surface area (Å²) in [6.07, 6.45) is 3.96. The number of allylic oxidation sites excluding steroid dienone is 2. The van der Waals surface area contributed by atoms with Crippen LogP contribution >= 0.6 is 0 Å². The number of aliphatic hydroxyl groups excluding tert-OH is 1. The third-order valence-electron chi connectivity index (χ3n) is 1.65. The molecule has 0 aromatic heterocycles. The van der Waals surface area contributed by atoms with Crippen molar-refractivity contribution in [3.63, 3.8) is 0 Å². The fraction of sp³-hybridized carbons (Fsp3) is 0.0833. The van der Waals surface area contributed by atoms with E-state index in [9.17, 15) is 14.3 Å². The van der Waals surface area contributed by atoms with E-state index in [0.717, 1.165) is 6.08 Å². The number of benzene rings is 1. The minimum Gasteiger partial charge on any atom is -0.508 e. The van der Waals surface area contributed by atoms with Crippen LogP contribution in [0.2, 0.25) is 0 Å². The van der Waals surface area contributed by atoms with Crippen molar-refractivity contribution < 1.29 is 14.3 Å². The molecule has 0 unspecified atom stereocenters. The Balaban J connectivity index is 2.78. The summed E-state index contributed by atoms with van der Waals surface area (Å²) in [6.45, 7) is 1.34. The first-order valence-electron chi connectivity index (χ1n) is 4.43. The molecule has 2 nitrogen and oxygen atoms in total. The van der Waals surface area contributed by atoms with Crippen LogP contribution in [0.15, 0.2) is 42.2 Å². The molecular formula is C12H11FO2. The lowest BCUT2D eigenvalue weighted by Gasteiger charge is -1.93. The van der Waals surface area contributed by atoms with Crippen LogP contribution in [0.1, 0.15) is 12.5 Å². The van der Waals surface area contributed by atoms with E-state index >= 15 is 0 Å². The van der Waals surface area contributed by atoms with Crippen LogP contribution in [0.25, 0.3) is 6.08 Å². The number of halogens is 1. The molecule has 0 spiro atoms. The number of carbonyl (C=O) groups is 1. The summed E-state index contributed by atoms with van der Waals surface area (Å²) >= 11 is 0. The number of carbonyl (C=O) groups excluding carboxylic acids is 1. The van der Waals surface area contributed by atoms with Gasteiger partial charge in [0, 0.05) is 6.08 Å². The highest BCUT2D eigenvalue weighted by Crippen LogP contribution is 2.06. The van der Waals surface area contributed by atoms with Gasteiger partial charge in [0.25, 0.3) is 0 Å². The van der Waals surface area contributed by atoms with Crippen molar-refractivity contribution in [2.45, 2.75) is 6.92 Å². The number of ketones is 1. The van der Waals surface area contributed by atoms with Gasteiger partial charge in [-0.15, -0.1) is 0 Å². The number of hydrogen-bond acceptors (Lipinski definition) is 2. The molecule has 0 saturated carbocycles. The SMILES string of the molecule is CC(=O)/C=C(O)/C=C/c1cccc(F)c1. The zero-order valence-corrected chi connectivity index (χ0v) is 8.27. The van der Waals surface area contributed by atoms with Gasteiger partial charge in [0.15, 0.2) is 5.78 Å². The Kier molecular flexibility index (Phi) is 3.80. The fourth-order valence-electron chi connectivity index (χ4n) is 1.05. The van der Waals surface area contributed by atoms with Gasteiger partial charge < -0.3 is 5.11 Å². The Hall–Kier alpha value is -1.90. The molecular weight excluding hydrogens is 195 g/mol. The molecule has 0 saturated heterocycles. The van der Waals surface area contributed by atoms with Crippen molar-refractivity contribution in [1.29, 1.82) is 0 Å². The molecule has 0 bridgehead atoms. The lowest BCUT2D eigenvalue weighted by atomic mass is 10.2. The number of hydrogen-bond donors (Lipinski definition) is 1.